The topological polar surface area (TPSA) is 102 Å². The second-order valence-electron chi connectivity index (χ2n) is 24.1. The van der Waals surface area contributed by atoms with Gasteiger partial charge in [-0.25, -0.2) is 29.9 Å². The molecule has 0 spiro atoms. The van der Waals surface area contributed by atoms with Crippen molar-refractivity contribution in [2.75, 3.05) is 9.80 Å². The maximum atomic E-state index is 6.82. The van der Waals surface area contributed by atoms with E-state index in [0.29, 0.717) is 34.9 Å². The third kappa shape index (κ3) is 8.89. The molecule has 0 unspecified atom stereocenters. The van der Waals surface area contributed by atoms with Crippen molar-refractivity contribution in [2.24, 2.45) is 0 Å². The Morgan fingerprint density at radius 2 is 0.726 bits per heavy atom. The van der Waals surface area contributed by atoms with E-state index in [1.54, 1.807) is 0 Å². The lowest BCUT2D eigenvalue weighted by Crippen LogP contribution is -2.61. The van der Waals surface area contributed by atoms with Crippen LogP contribution in [0.2, 0.25) is 0 Å². The first-order valence-electron chi connectivity index (χ1n) is 32.0. The van der Waals surface area contributed by atoms with Gasteiger partial charge in [0.2, 0.25) is 0 Å². The molecule has 19 rings (SSSR count). The quantitative estimate of drug-likeness (QED) is 0.124. The third-order valence-electron chi connectivity index (χ3n) is 18.7. The van der Waals surface area contributed by atoms with Crippen LogP contribution in [-0.4, -0.2) is 41.2 Å². The van der Waals surface area contributed by atoms with Crippen LogP contribution in [0, 0.1) is 0 Å². The number of anilines is 6. The molecule has 13 aromatic carbocycles. The fourth-order valence-corrected chi connectivity index (χ4v) is 14.5. The normalized spacial score (nSPS) is 12.4. The van der Waals surface area contributed by atoms with Crippen molar-refractivity contribution in [2.45, 2.75) is 0 Å². The van der Waals surface area contributed by atoms with Gasteiger partial charge in [-0.3, -0.25) is 0 Å². The number of fused-ring (bicyclic) bond motifs is 11. The maximum Gasteiger partial charge on any atom is 0.252 e. The smallest absolute Gasteiger partial charge is 0.252 e. The Hall–Kier alpha value is -12.9. The largest absolute Gasteiger partial charge is 0.455 e. The SMILES string of the molecule is c1ccc(-c2nc(-c3ccccc3)nc(-c3ccc(-n4c5ccccc5c5c6oc7ccccc7c6ccc54)c(-c4nc(-c5ccccc5)nc(-c5cccc(-c6cccc(N7c8ccccc8B8c9ccccc9N(c9ccccc9)c9cccc7c98)c6)c5)n4)c3)n2)cc1. The summed E-state index contributed by atoms with van der Waals surface area (Å²) in [4.78, 5) is 36.9. The summed E-state index contributed by atoms with van der Waals surface area (Å²) in [6.07, 6.45) is 0. The molecule has 2 aliphatic heterocycles. The van der Waals surface area contributed by atoms with Gasteiger partial charge < -0.3 is 18.8 Å². The number of furan rings is 1. The Bertz CT molecular complexity index is 5840. The predicted molar refractivity (Wildman–Crippen MR) is 387 cm³/mol. The third-order valence-corrected chi connectivity index (χ3v) is 18.7. The van der Waals surface area contributed by atoms with E-state index in [2.05, 4.69) is 239 Å². The van der Waals surface area contributed by atoms with E-state index in [1.165, 1.54) is 27.8 Å². The summed E-state index contributed by atoms with van der Waals surface area (Å²) < 4.78 is 9.13. The van der Waals surface area contributed by atoms with Gasteiger partial charge in [0.1, 0.15) is 11.2 Å². The highest BCUT2D eigenvalue weighted by Gasteiger charge is 2.43. The number of benzene rings is 13. The van der Waals surface area contributed by atoms with Crippen molar-refractivity contribution in [1.29, 1.82) is 0 Å². The minimum absolute atomic E-state index is 0.0360. The van der Waals surface area contributed by atoms with Gasteiger partial charge in [-0.2, -0.15) is 0 Å². The number of nitrogens with zero attached hydrogens (tertiary/aromatic N) is 9. The number of aromatic nitrogens is 7. The Morgan fingerprint density at radius 3 is 1.37 bits per heavy atom. The first kappa shape index (κ1) is 53.9. The standard InChI is InChI=1S/C84H52BN9O/c1-5-24-53(25-6-1)79-86-80(54-26-7-2-8-27-54)88-83(87-79)59-46-48-69(94-68-40-17-13-37-64(68)76-72(94)49-47-63-62-36-14-20-45-75(62)95-78(63)76)65(52-59)84-90-81(55-28-9-3-10-29-55)89-82(91-84)58-32-21-30-56(50-58)57-31-22-35-61(51-57)93-71-42-19-16-39-67(71)85-66-38-15-18-41-70(66)92(60-33-11-4-12-34-60)73-43-23-44-74(93)77(73)85/h1-52H. The summed E-state index contributed by atoms with van der Waals surface area (Å²) in [5.74, 6) is 3.14. The Kier molecular flexibility index (Phi) is 12.5. The highest BCUT2D eigenvalue weighted by molar-refractivity contribution is 7.00. The van der Waals surface area contributed by atoms with Crippen LogP contribution < -0.4 is 26.2 Å². The van der Waals surface area contributed by atoms with Crippen LogP contribution in [0.15, 0.2) is 320 Å². The predicted octanol–water partition coefficient (Wildman–Crippen LogP) is 18.8. The van der Waals surface area contributed by atoms with E-state index in [4.69, 9.17) is 34.3 Å². The fraction of sp³-hybridized carbons (Fsp3) is 0. The summed E-state index contributed by atoms with van der Waals surface area (Å²) in [5, 5.41) is 4.19. The van der Waals surface area contributed by atoms with Crippen LogP contribution >= 0.6 is 0 Å². The van der Waals surface area contributed by atoms with E-state index in [9.17, 15) is 0 Å². The fourth-order valence-electron chi connectivity index (χ4n) is 14.5. The van der Waals surface area contributed by atoms with Crippen molar-refractivity contribution in [3.63, 3.8) is 0 Å². The molecule has 2 aliphatic rings. The van der Waals surface area contributed by atoms with E-state index in [0.717, 1.165) is 117 Å². The zero-order valence-corrected chi connectivity index (χ0v) is 51.0. The molecule has 0 amide bonds. The van der Waals surface area contributed by atoms with Gasteiger partial charge in [0.25, 0.3) is 6.71 Å². The van der Waals surface area contributed by atoms with Crippen LogP contribution in [0.1, 0.15) is 0 Å². The van der Waals surface area contributed by atoms with Crippen molar-refractivity contribution in [3.8, 4) is 85.1 Å². The Labute approximate surface area is 547 Å². The lowest BCUT2D eigenvalue weighted by Gasteiger charge is -2.44. The molecule has 95 heavy (non-hydrogen) atoms. The number of para-hydroxylation sites is 5. The highest BCUT2D eigenvalue weighted by atomic mass is 16.3. The first-order chi connectivity index (χ1) is 47.1. The zero-order valence-electron chi connectivity index (χ0n) is 51.0. The molecule has 0 fully saturated rings. The number of rotatable bonds is 10. The summed E-state index contributed by atoms with van der Waals surface area (Å²) >= 11 is 0. The maximum absolute atomic E-state index is 6.82. The summed E-state index contributed by atoms with van der Waals surface area (Å²) in [5.41, 5.74) is 22.1. The van der Waals surface area contributed by atoms with Crippen molar-refractivity contribution < 1.29 is 4.42 Å². The van der Waals surface area contributed by atoms with Crippen LogP contribution in [0.5, 0.6) is 0 Å². The first-order valence-corrected chi connectivity index (χ1v) is 32.0. The average Bonchev–Trinajstić information content (AvgIpc) is 1.20. The van der Waals surface area contributed by atoms with E-state index in [1.807, 2.05) is 91.0 Å². The second-order valence-corrected chi connectivity index (χ2v) is 24.1. The van der Waals surface area contributed by atoms with Crippen LogP contribution in [0.4, 0.5) is 34.1 Å². The van der Waals surface area contributed by atoms with Crippen LogP contribution in [0.25, 0.3) is 129 Å². The van der Waals surface area contributed by atoms with E-state index in [-0.39, 0.29) is 6.71 Å². The van der Waals surface area contributed by atoms with E-state index >= 15 is 0 Å². The van der Waals surface area contributed by atoms with Crippen LogP contribution in [-0.2, 0) is 0 Å². The summed E-state index contributed by atoms with van der Waals surface area (Å²) in [6, 6.07) is 111. The van der Waals surface area contributed by atoms with Gasteiger partial charge in [-0.1, -0.05) is 218 Å². The molecule has 4 aromatic heterocycles. The molecule has 11 heteroatoms. The van der Waals surface area contributed by atoms with Crippen LogP contribution in [0.3, 0.4) is 0 Å². The minimum atomic E-state index is 0.0360. The Morgan fingerprint density at radius 1 is 0.274 bits per heavy atom. The van der Waals surface area contributed by atoms with Crippen molar-refractivity contribution >= 4 is 101 Å². The minimum Gasteiger partial charge on any atom is -0.455 e. The van der Waals surface area contributed by atoms with Gasteiger partial charge in [-0.05, 0) is 125 Å². The molecule has 0 saturated carbocycles. The van der Waals surface area contributed by atoms with Crippen molar-refractivity contribution in [1.82, 2.24) is 34.5 Å². The molecule has 0 bridgehead atoms. The molecule has 0 N–H and O–H groups in total. The molecule has 442 valence electrons. The lowest BCUT2D eigenvalue weighted by molar-refractivity contribution is 0.673. The van der Waals surface area contributed by atoms with Crippen molar-refractivity contribution in [3.05, 3.63) is 315 Å². The highest BCUT2D eigenvalue weighted by Crippen LogP contribution is 2.46. The molecular weight excluding hydrogens is 1160 g/mol. The second kappa shape index (κ2) is 21.9. The molecular formula is C84H52BN9O. The summed E-state index contributed by atoms with van der Waals surface area (Å²) in [6.45, 7) is 0.0360. The molecule has 17 aromatic rings. The number of hydrogen-bond donors (Lipinski definition) is 0. The molecule has 0 aliphatic carbocycles. The van der Waals surface area contributed by atoms with Gasteiger partial charge in [0, 0.05) is 83.7 Å². The summed E-state index contributed by atoms with van der Waals surface area (Å²) in [7, 11) is 0. The zero-order chi connectivity index (χ0) is 62.5. The van der Waals surface area contributed by atoms with Gasteiger partial charge in [0.05, 0.1) is 22.1 Å². The molecule has 0 radical (unpaired) electrons. The molecule has 0 atom stereocenters. The molecule has 6 heterocycles. The monoisotopic (exact) mass is 1210 g/mol. The van der Waals surface area contributed by atoms with Gasteiger partial charge in [0.15, 0.2) is 34.9 Å². The number of hydrogen-bond acceptors (Lipinski definition) is 9. The van der Waals surface area contributed by atoms with E-state index < -0.39 is 0 Å². The Balaban J connectivity index is 0.793. The molecule has 0 saturated heterocycles. The lowest BCUT2D eigenvalue weighted by atomic mass is 9.33. The van der Waals surface area contributed by atoms with Gasteiger partial charge in [-0.15, -0.1) is 0 Å². The molecule has 10 nitrogen and oxygen atoms in total. The van der Waals surface area contributed by atoms with Gasteiger partial charge >= 0.3 is 0 Å². The average molecular weight is 1210 g/mol.